The number of nitrogen functional groups attached to an aromatic ring is 1. The van der Waals surface area contributed by atoms with E-state index in [1.807, 2.05) is 6.92 Å². The summed E-state index contributed by atoms with van der Waals surface area (Å²) in [4.78, 5) is 26.1. The molecule has 2 aromatic carbocycles. The van der Waals surface area contributed by atoms with Gasteiger partial charge in [0, 0.05) is 11.3 Å². The number of carbonyl (C=O) groups excluding carboxylic acids is 2. The SMILES string of the molecule is CCCCCCc1c(C(=O)OCC)cc(CC)c(N)c1C(=O)c1ccccc1O. The van der Waals surface area contributed by atoms with Gasteiger partial charge in [0.25, 0.3) is 0 Å². The minimum atomic E-state index is -0.445. The summed E-state index contributed by atoms with van der Waals surface area (Å²) in [5, 5.41) is 10.2. The van der Waals surface area contributed by atoms with Gasteiger partial charge in [-0.05, 0) is 55.5 Å². The molecule has 2 aromatic rings. The highest BCUT2D eigenvalue weighted by atomic mass is 16.5. The second kappa shape index (κ2) is 10.6. The third-order valence-corrected chi connectivity index (χ3v) is 5.09. The van der Waals surface area contributed by atoms with Crippen LogP contribution in [0.15, 0.2) is 30.3 Å². The van der Waals surface area contributed by atoms with Crippen molar-refractivity contribution < 1.29 is 19.4 Å². The molecule has 29 heavy (non-hydrogen) atoms. The topological polar surface area (TPSA) is 89.6 Å². The van der Waals surface area contributed by atoms with E-state index < -0.39 is 5.97 Å². The van der Waals surface area contributed by atoms with Gasteiger partial charge in [-0.3, -0.25) is 4.79 Å². The van der Waals surface area contributed by atoms with Crippen molar-refractivity contribution in [2.75, 3.05) is 12.3 Å². The van der Waals surface area contributed by atoms with E-state index in [4.69, 9.17) is 10.5 Å². The number of hydrogen-bond donors (Lipinski definition) is 2. The van der Waals surface area contributed by atoms with Gasteiger partial charge in [-0.1, -0.05) is 45.2 Å². The van der Waals surface area contributed by atoms with Crippen LogP contribution in [0.1, 0.15) is 83.9 Å². The number of anilines is 1. The Hall–Kier alpha value is -2.82. The van der Waals surface area contributed by atoms with Crippen molar-refractivity contribution in [3.63, 3.8) is 0 Å². The molecule has 0 aliphatic heterocycles. The second-order valence-electron chi connectivity index (χ2n) is 7.08. The molecule has 0 aliphatic rings. The number of carbonyl (C=O) groups is 2. The normalized spacial score (nSPS) is 10.7. The summed E-state index contributed by atoms with van der Waals surface area (Å²) in [6.07, 6.45) is 5.14. The van der Waals surface area contributed by atoms with Crippen LogP contribution in [0.3, 0.4) is 0 Å². The van der Waals surface area contributed by atoms with E-state index in [2.05, 4.69) is 6.92 Å². The zero-order valence-electron chi connectivity index (χ0n) is 17.6. The number of ether oxygens (including phenoxy) is 1. The van der Waals surface area contributed by atoms with Crippen molar-refractivity contribution in [1.82, 2.24) is 0 Å². The highest BCUT2D eigenvalue weighted by Gasteiger charge is 2.26. The first-order chi connectivity index (χ1) is 14.0. The molecule has 2 rings (SSSR count). The number of esters is 1. The van der Waals surface area contributed by atoms with E-state index >= 15 is 0 Å². The van der Waals surface area contributed by atoms with Gasteiger partial charge in [-0.25, -0.2) is 4.79 Å². The maximum absolute atomic E-state index is 13.4. The van der Waals surface area contributed by atoms with Crippen molar-refractivity contribution in [2.45, 2.75) is 59.3 Å². The van der Waals surface area contributed by atoms with Crippen molar-refractivity contribution in [2.24, 2.45) is 0 Å². The summed E-state index contributed by atoms with van der Waals surface area (Å²) in [6.45, 7) is 6.06. The lowest BCUT2D eigenvalue weighted by Crippen LogP contribution is -2.18. The van der Waals surface area contributed by atoms with Gasteiger partial charge in [-0.15, -0.1) is 0 Å². The Kier molecular flexibility index (Phi) is 8.25. The molecule has 0 saturated heterocycles. The summed E-state index contributed by atoms with van der Waals surface area (Å²) < 4.78 is 5.26. The number of phenolic OH excluding ortho intramolecular Hbond substituents is 1. The fourth-order valence-electron chi connectivity index (χ4n) is 3.53. The zero-order valence-corrected chi connectivity index (χ0v) is 17.6. The van der Waals surface area contributed by atoms with Crippen LogP contribution in [0, 0.1) is 0 Å². The highest BCUT2D eigenvalue weighted by Crippen LogP contribution is 2.32. The van der Waals surface area contributed by atoms with Gasteiger partial charge in [0.1, 0.15) is 5.75 Å². The summed E-state index contributed by atoms with van der Waals surface area (Å²) in [6, 6.07) is 8.15. The Morgan fingerprint density at radius 1 is 1.03 bits per heavy atom. The average Bonchev–Trinajstić information content (AvgIpc) is 2.71. The third kappa shape index (κ3) is 5.17. The smallest absolute Gasteiger partial charge is 0.338 e. The molecule has 0 unspecified atom stereocenters. The van der Waals surface area contributed by atoms with Crippen LogP contribution in [-0.4, -0.2) is 23.5 Å². The molecule has 0 saturated carbocycles. The Labute approximate surface area is 172 Å². The van der Waals surface area contributed by atoms with Crippen LogP contribution in [0.5, 0.6) is 5.75 Å². The van der Waals surface area contributed by atoms with E-state index in [0.29, 0.717) is 35.2 Å². The average molecular weight is 398 g/mol. The summed E-state index contributed by atoms with van der Waals surface area (Å²) in [5.41, 5.74) is 9.00. The molecule has 5 nitrogen and oxygen atoms in total. The molecule has 156 valence electrons. The first-order valence-corrected chi connectivity index (χ1v) is 10.4. The molecular weight excluding hydrogens is 366 g/mol. The number of benzene rings is 2. The number of hydrogen-bond acceptors (Lipinski definition) is 5. The summed E-state index contributed by atoms with van der Waals surface area (Å²) in [7, 11) is 0. The van der Waals surface area contributed by atoms with Crippen molar-refractivity contribution in [1.29, 1.82) is 0 Å². The number of nitrogens with two attached hydrogens (primary N) is 1. The zero-order chi connectivity index (χ0) is 21.4. The van der Waals surface area contributed by atoms with E-state index in [1.54, 1.807) is 31.2 Å². The predicted octanol–water partition coefficient (Wildman–Crippen LogP) is 5.07. The molecule has 0 aliphatic carbocycles. The Morgan fingerprint density at radius 3 is 2.38 bits per heavy atom. The van der Waals surface area contributed by atoms with Gasteiger partial charge in [0.05, 0.1) is 17.7 Å². The lowest BCUT2D eigenvalue weighted by Gasteiger charge is -2.19. The standard InChI is InChI=1S/C24H31NO4/c1-4-7-8-9-12-17-19(24(28)29-6-3)15-16(5-2)22(25)21(17)23(27)18-13-10-11-14-20(18)26/h10-11,13-15,26H,4-9,12,25H2,1-3H3. The fourth-order valence-corrected chi connectivity index (χ4v) is 3.53. The third-order valence-electron chi connectivity index (χ3n) is 5.09. The molecule has 0 bridgehead atoms. The van der Waals surface area contributed by atoms with Gasteiger partial charge in [-0.2, -0.15) is 0 Å². The van der Waals surface area contributed by atoms with Crippen LogP contribution in [0.25, 0.3) is 0 Å². The van der Waals surface area contributed by atoms with E-state index in [9.17, 15) is 14.7 Å². The molecule has 0 radical (unpaired) electrons. The lowest BCUT2D eigenvalue weighted by atomic mass is 9.86. The summed E-state index contributed by atoms with van der Waals surface area (Å²) >= 11 is 0. The van der Waals surface area contributed by atoms with Crippen LogP contribution in [-0.2, 0) is 17.6 Å². The first-order valence-electron chi connectivity index (χ1n) is 10.4. The molecule has 5 heteroatoms. The lowest BCUT2D eigenvalue weighted by molar-refractivity contribution is 0.0525. The number of unbranched alkanes of at least 4 members (excludes halogenated alkanes) is 3. The van der Waals surface area contributed by atoms with Gasteiger partial charge < -0.3 is 15.6 Å². The van der Waals surface area contributed by atoms with Crippen LogP contribution < -0.4 is 5.73 Å². The summed E-state index contributed by atoms with van der Waals surface area (Å²) in [5.74, 6) is -0.917. The molecule has 0 fully saturated rings. The molecule has 0 spiro atoms. The monoisotopic (exact) mass is 397 g/mol. The largest absolute Gasteiger partial charge is 0.507 e. The van der Waals surface area contributed by atoms with Crippen molar-refractivity contribution >= 4 is 17.4 Å². The van der Waals surface area contributed by atoms with Crippen molar-refractivity contribution in [3.05, 3.63) is 58.1 Å². The highest BCUT2D eigenvalue weighted by molar-refractivity contribution is 6.16. The Morgan fingerprint density at radius 2 is 1.76 bits per heavy atom. The molecule has 0 aromatic heterocycles. The van der Waals surface area contributed by atoms with E-state index in [1.165, 1.54) is 6.07 Å². The number of ketones is 1. The Balaban J connectivity index is 2.66. The Bertz CT molecular complexity index is 873. The van der Waals surface area contributed by atoms with Crippen LogP contribution >= 0.6 is 0 Å². The fraction of sp³-hybridized carbons (Fsp3) is 0.417. The van der Waals surface area contributed by atoms with Crippen molar-refractivity contribution in [3.8, 4) is 5.75 Å². The molecule has 3 N–H and O–H groups in total. The molecule has 0 atom stereocenters. The van der Waals surface area contributed by atoms with Crippen LogP contribution in [0.2, 0.25) is 0 Å². The number of aryl methyl sites for hydroxylation is 1. The maximum atomic E-state index is 13.4. The molecule has 0 heterocycles. The minimum absolute atomic E-state index is 0.103. The maximum Gasteiger partial charge on any atom is 0.338 e. The number of rotatable bonds is 10. The number of para-hydroxylation sites is 1. The quantitative estimate of drug-likeness (QED) is 0.253. The number of phenols is 1. The predicted molar refractivity (Wildman–Crippen MR) is 116 cm³/mol. The first kappa shape index (κ1) is 22.5. The molecule has 0 amide bonds. The second-order valence-corrected chi connectivity index (χ2v) is 7.08. The van der Waals surface area contributed by atoms with E-state index in [-0.39, 0.29) is 23.7 Å². The van der Waals surface area contributed by atoms with E-state index in [0.717, 1.165) is 31.2 Å². The van der Waals surface area contributed by atoms with Gasteiger partial charge in [0.15, 0.2) is 5.78 Å². The number of aromatic hydroxyl groups is 1. The van der Waals surface area contributed by atoms with Gasteiger partial charge >= 0.3 is 5.97 Å². The molecular formula is C24H31NO4. The minimum Gasteiger partial charge on any atom is -0.507 e. The van der Waals surface area contributed by atoms with Gasteiger partial charge in [0.2, 0.25) is 0 Å². The van der Waals surface area contributed by atoms with Crippen LogP contribution in [0.4, 0.5) is 5.69 Å².